The van der Waals surface area contributed by atoms with Crippen molar-refractivity contribution in [3.8, 4) is 0 Å². The lowest BCUT2D eigenvalue weighted by molar-refractivity contribution is 0.00578. The van der Waals surface area contributed by atoms with Gasteiger partial charge in [0.25, 0.3) is 0 Å². The van der Waals surface area contributed by atoms with E-state index in [0.717, 1.165) is 11.2 Å². The Morgan fingerprint density at radius 2 is 1.79 bits per heavy atom. The summed E-state index contributed by atoms with van der Waals surface area (Å²) < 4.78 is 18.4. The number of carbonyl (C=O) groups excluding carboxylic acids is 1. The molecule has 2 heterocycles. The molecule has 7 heteroatoms. The van der Waals surface area contributed by atoms with Gasteiger partial charge in [0, 0.05) is 16.2 Å². The number of amides is 1. The van der Waals surface area contributed by atoms with Gasteiger partial charge in [-0.1, -0.05) is 6.07 Å². The summed E-state index contributed by atoms with van der Waals surface area (Å²) in [5, 5.41) is 2.78. The molecule has 0 bridgehead atoms. The van der Waals surface area contributed by atoms with Gasteiger partial charge in [-0.05, 0) is 61.0 Å². The number of hydrogen-bond donors (Lipinski definition) is 1. The molecule has 1 amide bonds. The average molecular weight is 353 g/mol. The monoisotopic (exact) mass is 353 g/mol. The van der Waals surface area contributed by atoms with Crippen LogP contribution in [0.4, 0.5) is 4.79 Å². The van der Waals surface area contributed by atoms with Crippen LogP contribution in [0.25, 0.3) is 0 Å². The van der Waals surface area contributed by atoms with Gasteiger partial charge in [0.15, 0.2) is 0 Å². The Morgan fingerprint density at radius 3 is 2.33 bits per heavy atom. The number of thiophene rings is 1. The predicted octanol–water partition coefficient (Wildman–Crippen LogP) is 3.11. The van der Waals surface area contributed by atoms with Crippen LogP contribution in [0.5, 0.6) is 0 Å². The summed E-state index contributed by atoms with van der Waals surface area (Å²) in [5.41, 5.74) is -1.14. The van der Waals surface area contributed by atoms with Crippen molar-refractivity contribution in [1.82, 2.24) is 5.32 Å². The van der Waals surface area contributed by atoms with Crippen LogP contribution in [0.15, 0.2) is 12.1 Å². The van der Waals surface area contributed by atoms with Crippen LogP contribution >= 0.6 is 11.3 Å². The SMILES string of the molecule is CC(C)(C)OC(=O)NCCc1ccc(B2OC(C)(C)C(C)(C)O2)s1. The number of ether oxygens (including phenoxy) is 1. The molecule has 1 aliphatic heterocycles. The molecule has 0 unspecified atom stereocenters. The van der Waals surface area contributed by atoms with Crippen LogP contribution in [0.2, 0.25) is 0 Å². The van der Waals surface area contributed by atoms with Crippen molar-refractivity contribution in [3.05, 3.63) is 17.0 Å². The fraction of sp³-hybridized carbons (Fsp3) is 0.706. The summed E-state index contributed by atoms with van der Waals surface area (Å²) >= 11 is 1.65. The Kier molecular flexibility index (Phi) is 5.38. The third kappa shape index (κ3) is 4.74. The van der Waals surface area contributed by atoms with Crippen LogP contribution in [-0.4, -0.2) is 36.6 Å². The van der Waals surface area contributed by atoms with Crippen molar-refractivity contribution >= 4 is 29.3 Å². The molecule has 5 nitrogen and oxygen atoms in total. The molecule has 0 saturated carbocycles. The molecule has 0 aliphatic carbocycles. The molecule has 24 heavy (non-hydrogen) atoms. The molecule has 0 radical (unpaired) electrons. The lowest BCUT2D eigenvalue weighted by atomic mass is 9.88. The van der Waals surface area contributed by atoms with E-state index in [0.29, 0.717) is 6.54 Å². The van der Waals surface area contributed by atoms with Crippen LogP contribution in [0.1, 0.15) is 53.3 Å². The van der Waals surface area contributed by atoms with E-state index in [-0.39, 0.29) is 24.4 Å². The van der Waals surface area contributed by atoms with Gasteiger partial charge in [0.05, 0.1) is 11.2 Å². The van der Waals surface area contributed by atoms with E-state index in [1.54, 1.807) is 11.3 Å². The molecule has 134 valence electrons. The maximum atomic E-state index is 11.6. The second kappa shape index (κ2) is 6.69. The molecule has 2 rings (SSSR count). The lowest BCUT2D eigenvalue weighted by Gasteiger charge is -2.32. The quantitative estimate of drug-likeness (QED) is 0.845. The van der Waals surface area contributed by atoms with Gasteiger partial charge in [-0.2, -0.15) is 0 Å². The molecule has 0 aromatic carbocycles. The van der Waals surface area contributed by atoms with Gasteiger partial charge >= 0.3 is 13.2 Å². The summed E-state index contributed by atoms with van der Waals surface area (Å²) in [4.78, 5) is 12.8. The maximum Gasteiger partial charge on any atom is 0.505 e. The van der Waals surface area contributed by atoms with E-state index in [1.807, 2.05) is 54.5 Å². The standard InChI is InChI=1S/C17H28BNO4S/c1-15(2,3)21-14(20)19-11-10-12-8-9-13(24-12)18-22-16(4,5)17(6,7)23-18/h8-9H,10-11H2,1-7H3,(H,19,20). The minimum Gasteiger partial charge on any atom is -0.444 e. The zero-order valence-electron chi connectivity index (χ0n) is 15.7. The van der Waals surface area contributed by atoms with E-state index < -0.39 is 5.60 Å². The number of alkyl carbamates (subject to hydrolysis) is 1. The van der Waals surface area contributed by atoms with Gasteiger partial charge in [-0.15, -0.1) is 11.3 Å². The molecule has 0 atom stereocenters. The zero-order valence-corrected chi connectivity index (χ0v) is 16.5. The van der Waals surface area contributed by atoms with E-state index in [2.05, 4.69) is 11.4 Å². The highest BCUT2D eigenvalue weighted by molar-refractivity contribution is 7.22. The first-order chi connectivity index (χ1) is 10.9. The topological polar surface area (TPSA) is 56.8 Å². The van der Waals surface area contributed by atoms with E-state index in [1.165, 1.54) is 4.88 Å². The number of hydrogen-bond acceptors (Lipinski definition) is 5. The van der Waals surface area contributed by atoms with Crippen molar-refractivity contribution in [2.45, 2.75) is 71.7 Å². The van der Waals surface area contributed by atoms with Gasteiger partial charge < -0.3 is 19.4 Å². The smallest absolute Gasteiger partial charge is 0.444 e. The summed E-state index contributed by atoms with van der Waals surface area (Å²) in [7, 11) is -0.326. The highest BCUT2D eigenvalue weighted by Gasteiger charge is 2.52. The van der Waals surface area contributed by atoms with Gasteiger partial charge in [0.2, 0.25) is 0 Å². The Morgan fingerprint density at radius 1 is 1.21 bits per heavy atom. The maximum absolute atomic E-state index is 11.6. The molecule has 1 aromatic heterocycles. The van der Waals surface area contributed by atoms with E-state index >= 15 is 0 Å². The third-order valence-corrected chi connectivity index (χ3v) is 5.37. The fourth-order valence-electron chi connectivity index (χ4n) is 2.22. The molecule has 1 aromatic rings. The minimum atomic E-state index is -0.475. The first-order valence-corrected chi connectivity index (χ1v) is 9.12. The van der Waals surface area contributed by atoms with E-state index in [9.17, 15) is 4.79 Å². The molecule has 1 saturated heterocycles. The molecular weight excluding hydrogens is 325 g/mol. The Hall–Kier alpha value is -1.05. The van der Waals surface area contributed by atoms with Crippen LogP contribution < -0.4 is 10.1 Å². The molecule has 1 N–H and O–H groups in total. The number of rotatable bonds is 4. The first kappa shape index (κ1) is 19.3. The van der Waals surface area contributed by atoms with Crippen molar-refractivity contribution in [2.24, 2.45) is 0 Å². The zero-order chi connectivity index (χ0) is 18.2. The second-order valence-electron chi connectivity index (χ2n) is 8.07. The summed E-state index contributed by atoms with van der Waals surface area (Å²) in [6.45, 7) is 14.3. The van der Waals surface area contributed by atoms with Crippen molar-refractivity contribution in [3.63, 3.8) is 0 Å². The van der Waals surface area contributed by atoms with Gasteiger partial charge in [-0.3, -0.25) is 0 Å². The highest BCUT2D eigenvalue weighted by atomic mass is 32.1. The first-order valence-electron chi connectivity index (χ1n) is 8.31. The van der Waals surface area contributed by atoms with Crippen LogP contribution in [0, 0.1) is 0 Å². The largest absolute Gasteiger partial charge is 0.505 e. The summed E-state index contributed by atoms with van der Waals surface area (Å²) in [6.07, 6.45) is 0.369. The van der Waals surface area contributed by atoms with Crippen molar-refractivity contribution in [2.75, 3.05) is 6.54 Å². The van der Waals surface area contributed by atoms with Crippen LogP contribution in [0.3, 0.4) is 0 Å². The van der Waals surface area contributed by atoms with Crippen LogP contribution in [-0.2, 0) is 20.5 Å². The average Bonchev–Trinajstić information content (AvgIpc) is 2.91. The van der Waals surface area contributed by atoms with Gasteiger partial charge in [-0.25, -0.2) is 4.79 Å². The van der Waals surface area contributed by atoms with Crippen molar-refractivity contribution < 1.29 is 18.8 Å². The third-order valence-electron chi connectivity index (χ3n) is 4.21. The summed E-state index contributed by atoms with van der Waals surface area (Å²) in [6, 6.07) is 4.09. The van der Waals surface area contributed by atoms with Crippen molar-refractivity contribution in [1.29, 1.82) is 0 Å². The predicted molar refractivity (Wildman–Crippen MR) is 98.0 cm³/mol. The molecule has 1 aliphatic rings. The molecule has 0 spiro atoms. The normalized spacial score (nSPS) is 19.4. The number of carbonyl (C=O) groups is 1. The summed E-state index contributed by atoms with van der Waals surface area (Å²) in [5.74, 6) is 0. The Bertz CT molecular complexity index is 576. The molecule has 1 fully saturated rings. The molecular formula is C17H28BNO4S. The second-order valence-corrected chi connectivity index (χ2v) is 9.27. The fourth-order valence-corrected chi connectivity index (χ4v) is 3.19. The Balaban J connectivity index is 1.85. The highest BCUT2D eigenvalue weighted by Crippen LogP contribution is 2.36. The number of nitrogens with one attached hydrogen (secondary N) is 1. The lowest BCUT2D eigenvalue weighted by Crippen LogP contribution is -2.41. The van der Waals surface area contributed by atoms with E-state index in [4.69, 9.17) is 14.0 Å². The Labute approximate surface area is 149 Å². The minimum absolute atomic E-state index is 0.326. The van der Waals surface area contributed by atoms with Gasteiger partial charge in [0.1, 0.15) is 5.60 Å².